The number of rotatable bonds is 0. The lowest BCUT2D eigenvalue weighted by Crippen LogP contribution is -1.95. The molecule has 1 aliphatic rings. The number of allylic oxidation sites excluding steroid dienone is 1. The van der Waals surface area contributed by atoms with Crippen LogP contribution in [0, 0.1) is 5.82 Å². The summed E-state index contributed by atoms with van der Waals surface area (Å²) in [5.41, 5.74) is 0.877. The fourth-order valence-electron chi connectivity index (χ4n) is 1.19. The Kier molecular flexibility index (Phi) is 1.15. The van der Waals surface area contributed by atoms with Crippen molar-refractivity contribution in [3.8, 4) is 0 Å². The minimum absolute atomic E-state index is 0.201. The minimum atomic E-state index is -0.433. The van der Waals surface area contributed by atoms with Crippen molar-refractivity contribution in [1.29, 1.82) is 0 Å². The summed E-state index contributed by atoms with van der Waals surface area (Å²) in [6.07, 6.45) is 3.01. The van der Waals surface area contributed by atoms with Crippen LogP contribution in [0.1, 0.15) is 15.9 Å². The summed E-state index contributed by atoms with van der Waals surface area (Å²) in [5, 5.41) is 0. The maximum atomic E-state index is 12.9. The van der Waals surface area contributed by atoms with Gasteiger partial charge in [0.05, 0.1) is 5.56 Å². The Bertz CT molecular complexity index is 353. The molecule has 0 bridgehead atoms. The summed E-state index contributed by atoms with van der Waals surface area (Å²) >= 11 is 0. The zero-order chi connectivity index (χ0) is 7.84. The topological polar surface area (TPSA) is 17.1 Å². The number of hydrogen-bond donors (Lipinski definition) is 0. The van der Waals surface area contributed by atoms with Crippen LogP contribution < -0.4 is 0 Å². The van der Waals surface area contributed by atoms with Gasteiger partial charge in [0.1, 0.15) is 5.82 Å². The summed E-state index contributed by atoms with van der Waals surface area (Å²) in [6.45, 7) is 0. The molecule has 2 heteroatoms. The molecular weight excluding hydrogens is 143 g/mol. The zero-order valence-corrected chi connectivity index (χ0v) is 5.67. The molecule has 1 aliphatic carbocycles. The van der Waals surface area contributed by atoms with E-state index in [0.29, 0.717) is 5.56 Å². The molecule has 1 aromatic rings. The van der Waals surface area contributed by atoms with Crippen molar-refractivity contribution in [2.75, 3.05) is 0 Å². The van der Waals surface area contributed by atoms with Crippen LogP contribution in [0.4, 0.5) is 4.39 Å². The van der Waals surface area contributed by atoms with Crippen LogP contribution in [-0.2, 0) is 0 Å². The summed E-state index contributed by atoms with van der Waals surface area (Å²) < 4.78 is 12.9. The predicted octanol–water partition coefficient (Wildman–Crippen LogP) is 2.04. The van der Waals surface area contributed by atoms with E-state index in [-0.39, 0.29) is 11.3 Å². The summed E-state index contributed by atoms with van der Waals surface area (Å²) in [4.78, 5) is 11.0. The Morgan fingerprint density at radius 2 is 2.00 bits per heavy atom. The maximum Gasteiger partial charge on any atom is 0.189 e. The SMILES string of the molecule is O=C1C=Cc2cccc(F)c21. The second-order valence-corrected chi connectivity index (χ2v) is 2.40. The van der Waals surface area contributed by atoms with Crippen LogP contribution in [0.25, 0.3) is 6.08 Å². The fraction of sp³-hybridized carbons (Fsp3) is 0. The molecule has 0 heterocycles. The van der Waals surface area contributed by atoms with Crippen molar-refractivity contribution in [3.05, 3.63) is 41.2 Å². The third-order valence-electron chi connectivity index (χ3n) is 1.71. The molecule has 0 aliphatic heterocycles. The third kappa shape index (κ3) is 0.792. The molecule has 0 atom stereocenters. The second kappa shape index (κ2) is 2.02. The highest BCUT2D eigenvalue weighted by molar-refractivity contribution is 6.13. The normalized spacial score (nSPS) is 13.7. The lowest BCUT2D eigenvalue weighted by atomic mass is 10.1. The molecule has 54 valence electrons. The first kappa shape index (κ1) is 6.28. The van der Waals surface area contributed by atoms with E-state index < -0.39 is 5.82 Å². The maximum absolute atomic E-state index is 12.9. The van der Waals surface area contributed by atoms with E-state index >= 15 is 0 Å². The van der Waals surface area contributed by atoms with Crippen LogP contribution in [0.5, 0.6) is 0 Å². The van der Waals surface area contributed by atoms with Gasteiger partial charge < -0.3 is 0 Å². The van der Waals surface area contributed by atoms with Gasteiger partial charge in [0.15, 0.2) is 5.78 Å². The van der Waals surface area contributed by atoms with Crippen LogP contribution >= 0.6 is 0 Å². The van der Waals surface area contributed by atoms with Gasteiger partial charge in [-0.1, -0.05) is 18.2 Å². The molecule has 1 nitrogen and oxygen atoms in total. The van der Waals surface area contributed by atoms with Crippen molar-refractivity contribution >= 4 is 11.9 Å². The predicted molar refractivity (Wildman–Crippen MR) is 39.8 cm³/mol. The number of hydrogen-bond acceptors (Lipinski definition) is 1. The average molecular weight is 148 g/mol. The lowest BCUT2D eigenvalue weighted by Gasteiger charge is -1.96. The molecular formula is C9H5FO. The van der Waals surface area contributed by atoms with Gasteiger partial charge in [-0.05, 0) is 17.7 Å². The van der Waals surface area contributed by atoms with Gasteiger partial charge in [0.25, 0.3) is 0 Å². The summed E-state index contributed by atoms with van der Waals surface area (Å²) in [7, 11) is 0. The number of carbonyl (C=O) groups is 1. The number of benzene rings is 1. The molecule has 0 spiro atoms. The highest BCUT2D eigenvalue weighted by Gasteiger charge is 2.16. The zero-order valence-electron chi connectivity index (χ0n) is 5.67. The molecule has 0 fully saturated rings. The van der Waals surface area contributed by atoms with Crippen molar-refractivity contribution in [3.63, 3.8) is 0 Å². The molecule has 0 unspecified atom stereocenters. The number of halogens is 1. The number of ketones is 1. The number of fused-ring (bicyclic) bond motifs is 1. The summed E-state index contributed by atoms with van der Waals surface area (Å²) in [6, 6.07) is 4.61. The van der Waals surface area contributed by atoms with E-state index in [4.69, 9.17) is 0 Å². The van der Waals surface area contributed by atoms with Crippen molar-refractivity contribution in [2.24, 2.45) is 0 Å². The first-order chi connectivity index (χ1) is 5.29. The van der Waals surface area contributed by atoms with E-state index in [9.17, 15) is 9.18 Å². The Labute approximate surface area is 63.2 Å². The minimum Gasteiger partial charge on any atom is -0.289 e. The molecule has 0 saturated carbocycles. The van der Waals surface area contributed by atoms with E-state index in [1.54, 1.807) is 18.2 Å². The Morgan fingerprint density at radius 1 is 1.18 bits per heavy atom. The Balaban J connectivity index is 2.74. The van der Waals surface area contributed by atoms with E-state index in [0.717, 1.165) is 0 Å². The molecule has 1 aromatic carbocycles. The second-order valence-electron chi connectivity index (χ2n) is 2.40. The van der Waals surface area contributed by atoms with E-state index in [2.05, 4.69) is 0 Å². The van der Waals surface area contributed by atoms with Gasteiger partial charge in [0.2, 0.25) is 0 Å². The quantitative estimate of drug-likeness (QED) is 0.550. The van der Waals surface area contributed by atoms with E-state index in [1.807, 2.05) is 0 Å². The molecule has 0 saturated heterocycles. The number of carbonyl (C=O) groups excluding carboxylic acids is 1. The molecule has 0 amide bonds. The van der Waals surface area contributed by atoms with Crippen LogP contribution in [0.2, 0.25) is 0 Å². The smallest absolute Gasteiger partial charge is 0.189 e. The summed E-state index contributed by atoms with van der Waals surface area (Å²) in [5.74, 6) is -0.671. The van der Waals surface area contributed by atoms with Gasteiger partial charge in [-0.25, -0.2) is 4.39 Å². The van der Waals surface area contributed by atoms with Crippen molar-refractivity contribution < 1.29 is 9.18 Å². The van der Waals surface area contributed by atoms with Gasteiger partial charge in [-0.3, -0.25) is 4.79 Å². The standard InChI is InChI=1S/C9H5FO/c10-7-3-1-2-6-4-5-8(11)9(6)7/h1-5H. The van der Waals surface area contributed by atoms with E-state index in [1.165, 1.54) is 12.1 Å². The largest absolute Gasteiger partial charge is 0.289 e. The molecule has 0 radical (unpaired) electrons. The van der Waals surface area contributed by atoms with Crippen LogP contribution in [0.3, 0.4) is 0 Å². The average Bonchev–Trinajstić information content (AvgIpc) is 2.34. The molecule has 11 heavy (non-hydrogen) atoms. The van der Waals surface area contributed by atoms with Crippen LogP contribution in [0.15, 0.2) is 24.3 Å². The van der Waals surface area contributed by atoms with Gasteiger partial charge in [-0.15, -0.1) is 0 Å². The Morgan fingerprint density at radius 3 is 2.73 bits per heavy atom. The van der Waals surface area contributed by atoms with Crippen molar-refractivity contribution in [2.45, 2.75) is 0 Å². The van der Waals surface area contributed by atoms with Crippen molar-refractivity contribution in [1.82, 2.24) is 0 Å². The monoisotopic (exact) mass is 148 g/mol. The lowest BCUT2D eigenvalue weighted by molar-refractivity contribution is 0.104. The highest BCUT2D eigenvalue weighted by atomic mass is 19.1. The van der Waals surface area contributed by atoms with Gasteiger partial charge >= 0.3 is 0 Å². The first-order valence-electron chi connectivity index (χ1n) is 3.30. The molecule has 0 N–H and O–H groups in total. The third-order valence-corrected chi connectivity index (χ3v) is 1.71. The first-order valence-corrected chi connectivity index (χ1v) is 3.30. The fourth-order valence-corrected chi connectivity index (χ4v) is 1.19. The van der Waals surface area contributed by atoms with Gasteiger partial charge in [-0.2, -0.15) is 0 Å². The molecule has 2 rings (SSSR count). The van der Waals surface area contributed by atoms with Crippen LogP contribution in [-0.4, -0.2) is 5.78 Å². The Hall–Kier alpha value is -1.44. The van der Waals surface area contributed by atoms with Gasteiger partial charge in [0, 0.05) is 0 Å². The highest BCUT2D eigenvalue weighted by Crippen LogP contribution is 2.21. The molecule has 0 aromatic heterocycles.